The van der Waals surface area contributed by atoms with Crippen LogP contribution in [-0.4, -0.2) is 17.8 Å². The number of hydrogen-bond donors (Lipinski definition) is 0. The lowest BCUT2D eigenvalue weighted by Crippen LogP contribution is -2.20. The topological polar surface area (TPSA) is 29.5 Å². The monoisotopic (exact) mass is 125 g/mol. The Hall–Kier alpha value is -0.870. The molecule has 0 N–H and O–H groups in total. The first-order valence-electron chi connectivity index (χ1n) is 1.98. The second kappa shape index (κ2) is 3.17. The molecule has 5 heteroatoms. The molecule has 0 heterocycles. The molecule has 0 bridgehead atoms. The predicted octanol–water partition coefficient (Wildman–Crippen LogP) is 1.21. The molecule has 1 amide bonds. The van der Waals surface area contributed by atoms with Crippen LogP contribution < -0.4 is 0 Å². The van der Waals surface area contributed by atoms with Crippen molar-refractivity contribution in [3.8, 4) is 0 Å². The SMILES string of the molecule is CCN(F)C(=O)OF. The van der Waals surface area contributed by atoms with Gasteiger partial charge in [-0.1, -0.05) is 4.48 Å². The molecule has 0 fully saturated rings. The Morgan fingerprint density at radius 1 is 1.88 bits per heavy atom. The molecular weight excluding hydrogens is 120 g/mol. The largest absolute Gasteiger partial charge is 0.474 e. The van der Waals surface area contributed by atoms with E-state index in [1.165, 1.54) is 6.92 Å². The van der Waals surface area contributed by atoms with Gasteiger partial charge >= 0.3 is 6.09 Å². The summed E-state index contributed by atoms with van der Waals surface area (Å²) in [6.45, 7) is 1.12. The zero-order chi connectivity index (χ0) is 6.57. The minimum absolute atomic E-state index is 0.219. The molecule has 0 aliphatic heterocycles. The van der Waals surface area contributed by atoms with Crippen LogP contribution in [0.25, 0.3) is 0 Å². The maximum Gasteiger partial charge on any atom is 0.474 e. The van der Waals surface area contributed by atoms with Gasteiger partial charge in [-0.15, -0.1) is 5.12 Å². The van der Waals surface area contributed by atoms with Crippen molar-refractivity contribution in [2.75, 3.05) is 6.54 Å². The number of carbonyl (C=O) groups is 1. The fraction of sp³-hybridized carbons (Fsp3) is 0.667. The smallest absolute Gasteiger partial charge is 0.228 e. The highest BCUT2D eigenvalue weighted by molar-refractivity contribution is 5.65. The zero-order valence-corrected chi connectivity index (χ0v) is 4.23. The average Bonchev–Trinajstić information content (AvgIpc) is 1.84. The summed E-state index contributed by atoms with van der Waals surface area (Å²) >= 11 is 0. The van der Waals surface area contributed by atoms with Crippen molar-refractivity contribution in [3.63, 3.8) is 0 Å². The first-order valence-corrected chi connectivity index (χ1v) is 1.98. The zero-order valence-electron chi connectivity index (χ0n) is 4.23. The van der Waals surface area contributed by atoms with E-state index < -0.39 is 6.09 Å². The molecule has 0 spiro atoms. The summed E-state index contributed by atoms with van der Waals surface area (Å²) in [4.78, 5) is 12.2. The van der Waals surface area contributed by atoms with E-state index in [1.54, 1.807) is 0 Å². The Kier molecular flexibility index (Phi) is 2.83. The van der Waals surface area contributed by atoms with Crippen LogP contribution in [0.3, 0.4) is 0 Å². The van der Waals surface area contributed by atoms with Gasteiger partial charge < -0.3 is 0 Å². The summed E-state index contributed by atoms with van der Waals surface area (Å²) in [5, 5.41) is -0.389. The number of carbonyl (C=O) groups excluding carboxylic acids is 1. The first kappa shape index (κ1) is 7.13. The minimum atomic E-state index is -1.62. The predicted molar refractivity (Wildman–Crippen MR) is 21.1 cm³/mol. The van der Waals surface area contributed by atoms with Crippen molar-refractivity contribution in [1.29, 1.82) is 0 Å². The van der Waals surface area contributed by atoms with Gasteiger partial charge in [0.25, 0.3) is 0 Å². The Morgan fingerprint density at radius 2 is 2.38 bits per heavy atom. The molecule has 0 aromatic heterocycles. The third-order valence-corrected chi connectivity index (χ3v) is 0.542. The molecule has 0 aliphatic carbocycles. The Balaban J connectivity index is 3.46. The molecule has 48 valence electrons. The number of halogens is 2. The van der Waals surface area contributed by atoms with Gasteiger partial charge in [0.15, 0.2) is 0 Å². The van der Waals surface area contributed by atoms with Gasteiger partial charge in [0.1, 0.15) is 0 Å². The summed E-state index contributed by atoms with van der Waals surface area (Å²) in [7, 11) is 0. The number of rotatable bonds is 1. The van der Waals surface area contributed by atoms with E-state index in [-0.39, 0.29) is 11.7 Å². The molecule has 0 aromatic carbocycles. The van der Waals surface area contributed by atoms with Crippen LogP contribution in [0.2, 0.25) is 0 Å². The van der Waals surface area contributed by atoms with Crippen LogP contribution in [0.4, 0.5) is 13.8 Å². The van der Waals surface area contributed by atoms with Gasteiger partial charge in [0.2, 0.25) is 0 Å². The van der Waals surface area contributed by atoms with E-state index in [1.807, 2.05) is 0 Å². The summed E-state index contributed by atoms with van der Waals surface area (Å²) in [5.41, 5.74) is 0. The van der Waals surface area contributed by atoms with Crippen LogP contribution in [0.1, 0.15) is 6.92 Å². The van der Waals surface area contributed by atoms with Gasteiger partial charge in [-0.05, 0) is 6.92 Å². The van der Waals surface area contributed by atoms with Gasteiger partial charge in [-0.25, -0.2) is 9.74 Å². The Bertz CT molecular complexity index is 87.4. The van der Waals surface area contributed by atoms with E-state index in [9.17, 15) is 13.8 Å². The van der Waals surface area contributed by atoms with Crippen LogP contribution in [0.15, 0.2) is 0 Å². The molecule has 0 saturated heterocycles. The standard InChI is InChI=1S/C3H5F2NO2/c1-2-6(4)3(7)8-5/h2H2,1H3. The lowest BCUT2D eigenvalue weighted by molar-refractivity contribution is -0.106. The third-order valence-electron chi connectivity index (χ3n) is 0.542. The second-order valence-electron chi connectivity index (χ2n) is 1.02. The fourth-order valence-corrected chi connectivity index (χ4v) is 0.167. The molecule has 0 unspecified atom stereocenters. The van der Waals surface area contributed by atoms with Crippen LogP contribution >= 0.6 is 0 Å². The average molecular weight is 125 g/mol. The van der Waals surface area contributed by atoms with Crippen LogP contribution in [0, 0.1) is 0 Å². The van der Waals surface area contributed by atoms with E-state index in [0.717, 1.165) is 0 Å². The van der Waals surface area contributed by atoms with Crippen LogP contribution in [-0.2, 0) is 4.94 Å². The van der Waals surface area contributed by atoms with Crippen molar-refractivity contribution in [1.82, 2.24) is 5.12 Å². The van der Waals surface area contributed by atoms with Crippen LogP contribution in [0.5, 0.6) is 0 Å². The van der Waals surface area contributed by atoms with Gasteiger partial charge in [-0.2, -0.15) is 0 Å². The molecule has 0 aliphatic rings. The maximum absolute atomic E-state index is 11.6. The Labute approximate surface area is 44.7 Å². The minimum Gasteiger partial charge on any atom is -0.228 e. The van der Waals surface area contributed by atoms with E-state index in [4.69, 9.17) is 0 Å². The summed E-state index contributed by atoms with van der Waals surface area (Å²) in [5.74, 6) is 0. The summed E-state index contributed by atoms with van der Waals surface area (Å²) in [6, 6.07) is 0. The highest BCUT2D eigenvalue weighted by atomic mass is 19.3. The highest BCUT2D eigenvalue weighted by Gasteiger charge is 2.10. The molecule has 3 nitrogen and oxygen atoms in total. The van der Waals surface area contributed by atoms with Gasteiger partial charge in [0, 0.05) is 4.53 Å². The summed E-state index contributed by atoms with van der Waals surface area (Å²) < 4.78 is 22.3. The second-order valence-corrected chi connectivity index (χ2v) is 1.02. The molecular formula is C3H5F2NO2. The lowest BCUT2D eigenvalue weighted by atomic mass is 10.7. The van der Waals surface area contributed by atoms with E-state index in [0.29, 0.717) is 0 Å². The quantitative estimate of drug-likeness (QED) is 0.493. The molecule has 0 atom stereocenters. The third kappa shape index (κ3) is 1.72. The summed E-state index contributed by atoms with van der Waals surface area (Å²) in [6.07, 6.45) is -1.62. The van der Waals surface area contributed by atoms with E-state index in [2.05, 4.69) is 4.94 Å². The fourth-order valence-electron chi connectivity index (χ4n) is 0.167. The maximum atomic E-state index is 11.6. The van der Waals surface area contributed by atoms with Crippen molar-refractivity contribution >= 4 is 6.09 Å². The Morgan fingerprint density at radius 3 is 2.50 bits per heavy atom. The molecule has 0 aromatic rings. The molecule has 0 rings (SSSR count). The lowest BCUT2D eigenvalue weighted by Gasteiger charge is -2.01. The van der Waals surface area contributed by atoms with Crippen molar-refractivity contribution < 1.29 is 18.7 Å². The number of nitrogens with zero attached hydrogens (tertiary/aromatic N) is 1. The van der Waals surface area contributed by atoms with Crippen molar-refractivity contribution in [3.05, 3.63) is 0 Å². The normalized spacial score (nSPS) is 8.38. The molecule has 0 radical (unpaired) electrons. The molecule has 0 saturated carbocycles. The first-order chi connectivity index (χ1) is 3.72. The van der Waals surface area contributed by atoms with E-state index >= 15 is 0 Å². The number of amides is 1. The highest BCUT2D eigenvalue weighted by Crippen LogP contribution is 1.92. The molecule has 8 heavy (non-hydrogen) atoms. The number of hydrogen-bond acceptors (Lipinski definition) is 2. The van der Waals surface area contributed by atoms with Crippen molar-refractivity contribution in [2.45, 2.75) is 6.92 Å². The van der Waals surface area contributed by atoms with Gasteiger partial charge in [-0.3, -0.25) is 0 Å². The van der Waals surface area contributed by atoms with Crippen molar-refractivity contribution in [2.24, 2.45) is 0 Å². The van der Waals surface area contributed by atoms with Gasteiger partial charge in [0.05, 0.1) is 6.54 Å².